The van der Waals surface area contributed by atoms with Gasteiger partial charge < -0.3 is 15.5 Å². The van der Waals surface area contributed by atoms with Crippen LogP contribution in [0.5, 0.6) is 0 Å². The normalized spacial score (nSPS) is 19.4. The van der Waals surface area contributed by atoms with Crippen molar-refractivity contribution in [2.45, 2.75) is 51.9 Å². The zero-order valence-corrected chi connectivity index (χ0v) is 21.5. The van der Waals surface area contributed by atoms with E-state index >= 15 is 0 Å². The molecule has 2 atom stereocenters. The summed E-state index contributed by atoms with van der Waals surface area (Å²) in [5, 5.41) is 7.07. The summed E-state index contributed by atoms with van der Waals surface area (Å²) in [7, 11) is 4.01. The molecule has 1 saturated heterocycles. The number of nitrogens with one attached hydrogen (secondary N) is 2. The molecular formula is C24H37IN6. The summed E-state index contributed by atoms with van der Waals surface area (Å²) in [4.78, 5) is 13.8. The highest BCUT2D eigenvalue weighted by molar-refractivity contribution is 14.0. The maximum atomic E-state index is 4.82. The highest BCUT2D eigenvalue weighted by atomic mass is 127. The van der Waals surface area contributed by atoms with E-state index in [0.717, 1.165) is 49.8 Å². The number of aliphatic imine (C=N–C) groups is 1. The molecule has 0 spiro atoms. The molecule has 7 heteroatoms. The molecule has 0 saturated carbocycles. The van der Waals surface area contributed by atoms with Crippen LogP contribution in [0.25, 0.3) is 0 Å². The van der Waals surface area contributed by atoms with Gasteiger partial charge in [-0.05, 0) is 49.9 Å². The van der Waals surface area contributed by atoms with E-state index in [1.807, 2.05) is 31.3 Å². The van der Waals surface area contributed by atoms with Crippen molar-refractivity contribution in [3.8, 4) is 0 Å². The summed E-state index contributed by atoms with van der Waals surface area (Å²) in [6, 6.07) is 15.9. The van der Waals surface area contributed by atoms with E-state index < -0.39 is 0 Å². The van der Waals surface area contributed by atoms with Crippen LogP contribution in [-0.4, -0.2) is 55.1 Å². The molecule has 31 heavy (non-hydrogen) atoms. The maximum absolute atomic E-state index is 4.82. The number of piperidine rings is 1. The average Bonchev–Trinajstić information content (AvgIpc) is 2.75. The predicted molar refractivity (Wildman–Crippen MR) is 141 cm³/mol. The molecule has 1 aromatic carbocycles. The lowest BCUT2D eigenvalue weighted by Gasteiger charge is -2.38. The molecule has 0 amide bonds. The third-order valence-corrected chi connectivity index (χ3v) is 5.62. The van der Waals surface area contributed by atoms with Crippen LogP contribution in [0, 0.1) is 0 Å². The number of anilines is 1. The van der Waals surface area contributed by atoms with Crippen LogP contribution in [0.4, 0.5) is 5.82 Å². The monoisotopic (exact) mass is 536 g/mol. The first kappa shape index (κ1) is 25.4. The second kappa shape index (κ2) is 12.9. The van der Waals surface area contributed by atoms with Crippen molar-refractivity contribution in [2.24, 2.45) is 4.99 Å². The molecule has 2 heterocycles. The van der Waals surface area contributed by atoms with Gasteiger partial charge in [-0.3, -0.25) is 4.90 Å². The van der Waals surface area contributed by atoms with Gasteiger partial charge in [0.2, 0.25) is 0 Å². The zero-order valence-electron chi connectivity index (χ0n) is 19.2. The van der Waals surface area contributed by atoms with Crippen molar-refractivity contribution < 1.29 is 0 Å². The van der Waals surface area contributed by atoms with Crippen LogP contribution in [0.15, 0.2) is 53.7 Å². The molecule has 0 bridgehead atoms. The van der Waals surface area contributed by atoms with Crippen LogP contribution in [0.3, 0.4) is 0 Å². The number of hydrogen-bond donors (Lipinski definition) is 2. The SMILES string of the molecule is CCNC(=NCc1ccnc(N(C)C)c1)NC1CCN(Cc2ccccc2)C(C)C1.I. The first-order valence-electron chi connectivity index (χ1n) is 11.0. The van der Waals surface area contributed by atoms with Crippen molar-refractivity contribution in [1.29, 1.82) is 0 Å². The van der Waals surface area contributed by atoms with Crippen molar-refractivity contribution in [2.75, 3.05) is 32.1 Å². The van der Waals surface area contributed by atoms with Gasteiger partial charge in [0.1, 0.15) is 5.82 Å². The Bertz CT molecular complexity index is 811. The highest BCUT2D eigenvalue weighted by Crippen LogP contribution is 2.20. The maximum Gasteiger partial charge on any atom is 0.191 e. The Kier molecular flexibility index (Phi) is 10.5. The summed E-state index contributed by atoms with van der Waals surface area (Å²) in [6.45, 7) is 8.07. The molecule has 2 aromatic rings. The van der Waals surface area contributed by atoms with E-state index in [1.54, 1.807) is 0 Å². The molecular weight excluding hydrogens is 499 g/mol. The van der Waals surface area contributed by atoms with Gasteiger partial charge in [0.05, 0.1) is 6.54 Å². The van der Waals surface area contributed by atoms with Crippen molar-refractivity contribution >= 4 is 35.8 Å². The van der Waals surface area contributed by atoms with Gasteiger partial charge in [0.25, 0.3) is 0 Å². The highest BCUT2D eigenvalue weighted by Gasteiger charge is 2.25. The van der Waals surface area contributed by atoms with Gasteiger partial charge in [-0.2, -0.15) is 0 Å². The molecule has 1 fully saturated rings. The van der Waals surface area contributed by atoms with E-state index in [4.69, 9.17) is 4.99 Å². The molecule has 1 aliphatic rings. The fourth-order valence-corrected chi connectivity index (χ4v) is 3.89. The van der Waals surface area contributed by atoms with Crippen LogP contribution in [-0.2, 0) is 13.1 Å². The van der Waals surface area contributed by atoms with Crippen LogP contribution in [0.2, 0.25) is 0 Å². The van der Waals surface area contributed by atoms with Crippen molar-refractivity contribution in [3.63, 3.8) is 0 Å². The minimum atomic E-state index is 0. The van der Waals surface area contributed by atoms with E-state index in [-0.39, 0.29) is 24.0 Å². The Labute approximate surface area is 204 Å². The Morgan fingerprint density at radius 1 is 1.19 bits per heavy atom. The third kappa shape index (κ3) is 7.96. The summed E-state index contributed by atoms with van der Waals surface area (Å²) in [5.41, 5.74) is 2.55. The Morgan fingerprint density at radius 3 is 2.65 bits per heavy atom. The molecule has 3 rings (SSSR count). The van der Waals surface area contributed by atoms with E-state index in [2.05, 4.69) is 70.8 Å². The van der Waals surface area contributed by atoms with Gasteiger partial charge in [-0.1, -0.05) is 30.3 Å². The molecule has 6 nitrogen and oxygen atoms in total. The van der Waals surface area contributed by atoms with E-state index in [1.165, 1.54) is 5.56 Å². The topological polar surface area (TPSA) is 55.8 Å². The van der Waals surface area contributed by atoms with Gasteiger partial charge in [-0.25, -0.2) is 9.98 Å². The van der Waals surface area contributed by atoms with Crippen molar-refractivity contribution in [3.05, 3.63) is 59.8 Å². The standard InChI is InChI=1S/C24H36N6.HI/c1-5-25-24(27-17-21-11-13-26-23(16-21)29(3)4)28-22-12-14-30(19(2)15-22)18-20-9-7-6-8-10-20;/h6-11,13,16,19,22H,5,12,14-15,17-18H2,1-4H3,(H2,25,27,28);1H. The third-order valence-electron chi connectivity index (χ3n) is 5.62. The fraction of sp³-hybridized carbons (Fsp3) is 0.500. The summed E-state index contributed by atoms with van der Waals surface area (Å²) >= 11 is 0. The van der Waals surface area contributed by atoms with E-state index in [9.17, 15) is 0 Å². The van der Waals surface area contributed by atoms with Crippen LogP contribution >= 0.6 is 24.0 Å². The lowest BCUT2D eigenvalue weighted by molar-refractivity contribution is 0.134. The second-order valence-corrected chi connectivity index (χ2v) is 8.28. The Hall–Kier alpha value is -1.87. The number of rotatable bonds is 7. The Morgan fingerprint density at radius 2 is 1.97 bits per heavy atom. The number of pyridine rings is 1. The summed E-state index contributed by atoms with van der Waals surface area (Å²) < 4.78 is 0. The molecule has 2 unspecified atom stereocenters. The molecule has 170 valence electrons. The smallest absolute Gasteiger partial charge is 0.191 e. The van der Waals surface area contributed by atoms with Gasteiger partial charge in [0.15, 0.2) is 5.96 Å². The fourth-order valence-electron chi connectivity index (χ4n) is 3.89. The first-order chi connectivity index (χ1) is 14.5. The summed E-state index contributed by atoms with van der Waals surface area (Å²) in [6.07, 6.45) is 4.10. The minimum absolute atomic E-state index is 0. The number of halogens is 1. The average molecular weight is 537 g/mol. The zero-order chi connectivity index (χ0) is 21.3. The predicted octanol–water partition coefficient (Wildman–Crippen LogP) is 3.87. The van der Waals surface area contributed by atoms with Crippen LogP contribution in [0.1, 0.15) is 37.8 Å². The number of aromatic nitrogens is 1. The molecule has 2 N–H and O–H groups in total. The minimum Gasteiger partial charge on any atom is -0.363 e. The summed E-state index contributed by atoms with van der Waals surface area (Å²) in [5.74, 6) is 1.86. The number of hydrogen-bond acceptors (Lipinski definition) is 4. The van der Waals surface area contributed by atoms with Crippen molar-refractivity contribution in [1.82, 2.24) is 20.5 Å². The Balaban J connectivity index is 0.00000341. The molecule has 1 aliphatic heterocycles. The van der Waals surface area contributed by atoms with Gasteiger partial charge >= 0.3 is 0 Å². The largest absolute Gasteiger partial charge is 0.363 e. The lowest BCUT2D eigenvalue weighted by atomic mass is 9.97. The quantitative estimate of drug-likeness (QED) is 0.320. The van der Waals surface area contributed by atoms with Gasteiger partial charge in [0, 0.05) is 52.0 Å². The number of nitrogens with zero attached hydrogens (tertiary/aromatic N) is 4. The second-order valence-electron chi connectivity index (χ2n) is 8.28. The number of likely N-dealkylation sites (tertiary alicyclic amines) is 1. The number of benzene rings is 1. The van der Waals surface area contributed by atoms with Crippen LogP contribution < -0.4 is 15.5 Å². The first-order valence-corrected chi connectivity index (χ1v) is 11.0. The van der Waals surface area contributed by atoms with Gasteiger partial charge in [-0.15, -0.1) is 24.0 Å². The number of guanidine groups is 1. The molecule has 1 aromatic heterocycles. The lowest BCUT2D eigenvalue weighted by Crippen LogP contribution is -2.51. The molecule has 0 radical (unpaired) electrons. The molecule has 0 aliphatic carbocycles. The van der Waals surface area contributed by atoms with E-state index in [0.29, 0.717) is 18.6 Å².